The van der Waals surface area contributed by atoms with E-state index in [4.69, 9.17) is 14.2 Å². The molecule has 0 fully saturated rings. The van der Waals surface area contributed by atoms with E-state index in [0.717, 1.165) is 64.2 Å². The summed E-state index contributed by atoms with van der Waals surface area (Å²) in [4.78, 5) is 38.1. The van der Waals surface area contributed by atoms with Crippen molar-refractivity contribution in [2.75, 3.05) is 13.2 Å². The van der Waals surface area contributed by atoms with Crippen molar-refractivity contribution in [2.24, 2.45) is 0 Å². The van der Waals surface area contributed by atoms with Gasteiger partial charge in [0, 0.05) is 19.3 Å². The molecule has 69 heavy (non-hydrogen) atoms. The molecule has 1 atom stereocenters. The van der Waals surface area contributed by atoms with Gasteiger partial charge in [-0.05, 0) is 44.9 Å². The minimum atomic E-state index is -0.768. The van der Waals surface area contributed by atoms with E-state index in [0.29, 0.717) is 19.3 Å². The number of unbranched alkanes of at least 4 members (excludes halogenated alkanes) is 45. The number of carbonyl (C=O) groups excluding carboxylic acids is 3. The van der Waals surface area contributed by atoms with Crippen molar-refractivity contribution in [3.05, 3.63) is 12.2 Å². The highest BCUT2D eigenvalue weighted by Crippen LogP contribution is 2.18. The Labute approximate surface area is 431 Å². The third-order valence-corrected chi connectivity index (χ3v) is 14.3. The van der Waals surface area contributed by atoms with Crippen LogP contribution in [0.3, 0.4) is 0 Å². The molecule has 0 aromatic carbocycles. The largest absolute Gasteiger partial charge is 0.462 e. The van der Waals surface area contributed by atoms with E-state index in [1.54, 1.807) is 0 Å². The molecule has 1 unspecified atom stereocenters. The van der Waals surface area contributed by atoms with Crippen LogP contribution in [0.2, 0.25) is 0 Å². The summed E-state index contributed by atoms with van der Waals surface area (Å²) >= 11 is 0. The third kappa shape index (κ3) is 56.9. The molecule has 6 nitrogen and oxygen atoms in total. The fourth-order valence-electron chi connectivity index (χ4n) is 9.56. The molecular formula is C63H120O6. The number of esters is 3. The van der Waals surface area contributed by atoms with Crippen molar-refractivity contribution < 1.29 is 28.6 Å². The van der Waals surface area contributed by atoms with Gasteiger partial charge >= 0.3 is 17.9 Å². The minimum absolute atomic E-state index is 0.0675. The molecule has 0 saturated carbocycles. The maximum Gasteiger partial charge on any atom is 0.306 e. The fourth-order valence-corrected chi connectivity index (χ4v) is 9.56. The van der Waals surface area contributed by atoms with Crippen LogP contribution in [0.5, 0.6) is 0 Å². The Morgan fingerprint density at radius 3 is 0.725 bits per heavy atom. The number of hydrogen-bond acceptors (Lipinski definition) is 6. The lowest BCUT2D eigenvalue weighted by Crippen LogP contribution is -2.30. The summed E-state index contributed by atoms with van der Waals surface area (Å²) in [6.07, 6.45) is 68.0. The highest BCUT2D eigenvalue weighted by Gasteiger charge is 2.19. The summed E-state index contributed by atoms with van der Waals surface area (Å²) < 4.78 is 16.9. The first-order valence-corrected chi connectivity index (χ1v) is 31.2. The summed E-state index contributed by atoms with van der Waals surface area (Å²) in [6.45, 7) is 6.68. The maximum atomic E-state index is 12.8. The van der Waals surface area contributed by atoms with Crippen LogP contribution in [0.15, 0.2) is 12.2 Å². The molecule has 0 amide bonds. The van der Waals surface area contributed by atoms with E-state index >= 15 is 0 Å². The molecule has 0 N–H and O–H groups in total. The number of rotatable bonds is 58. The standard InChI is InChI=1S/C63H120O6/c1-4-7-10-13-16-19-22-24-26-27-28-29-30-31-32-33-34-35-36-38-39-41-44-47-50-53-56-62(65)68-59-60(58-67-61(64)55-52-49-46-43-21-18-15-12-9-6-3)69-63(66)57-54-51-48-45-42-40-37-25-23-20-17-14-11-8-5-2/h25,37,60H,4-24,26-36,38-59H2,1-3H3/b37-25-. The van der Waals surface area contributed by atoms with Crippen LogP contribution in [0.4, 0.5) is 0 Å². The summed E-state index contributed by atoms with van der Waals surface area (Å²) in [7, 11) is 0. The van der Waals surface area contributed by atoms with Crippen molar-refractivity contribution in [3.63, 3.8) is 0 Å². The first-order chi connectivity index (χ1) is 34.0. The first kappa shape index (κ1) is 67.1. The fraction of sp³-hybridized carbons (Fsp3) is 0.921. The molecule has 0 aromatic heterocycles. The molecule has 0 aliphatic carbocycles. The van der Waals surface area contributed by atoms with Crippen molar-refractivity contribution >= 4 is 17.9 Å². The van der Waals surface area contributed by atoms with Crippen LogP contribution in [0, 0.1) is 0 Å². The van der Waals surface area contributed by atoms with Gasteiger partial charge in [-0.25, -0.2) is 0 Å². The zero-order chi connectivity index (χ0) is 50.0. The van der Waals surface area contributed by atoms with Gasteiger partial charge in [0.1, 0.15) is 13.2 Å². The molecule has 6 heteroatoms. The Bertz CT molecular complexity index is 1070. The molecular weight excluding hydrogens is 853 g/mol. The van der Waals surface area contributed by atoms with Crippen molar-refractivity contribution in [1.82, 2.24) is 0 Å². The summed E-state index contributed by atoms with van der Waals surface area (Å²) in [5.74, 6) is -0.853. The molecule has 0 rings (SSSR count). The Morgan fingerprint density at radius 2 is 0.478 bits per heavy atom. The third-order valence-electron chi connectivity index (χ3n) is 14.3. The van der Waals surface area contributed by atoms with Gasteiger partial charge in [-0.2, -0.15) is 0 Å². The number of carbonyl (C=O) groups is 3. The zero-order valence-electron chi connectivity index (χ0n) is 46.9. The van der Waals surface area contributed by atoms with Crippen molar-refractivity contribution in [1.29, 1.82) is 0 Å². The van der Waals surface area contributed by atoms with E-state index < -0.39 is 6.10 Å². The zero-order valence-corrected chi connectivity index (χ0v) is 46.9. The van der Waals surface area contributed by atoms with Gasteiger partial charge in [0.25, 0.3) is 0 Å². The lowest BCUT2D eigenvalue weighted by molar-refractivity contribution is -0.167. The van der Waals surface area contributed by atoms with Crippen LogP contribution in [-0.4, -0.2) is 37.2 Å². The molecule has 408 valence electrons. The van der Waals surface area contributed by atoms with Gasteiger partial charge in [-0.15, -0.1) is 0 Å². The van der Waals surface area contributed by atoms with Crippen LogP contribution in [-0.2, 0) is 28.6 Å². The predicted molar refractivity (Wildman–Crippen MR) is 298 cm³/mol. The maximum absolute atomic E-state index is 12.8. The van der Waals surface area contributed by atoms with E-state index in [-0.39, 0.29) is 31.1 Å². The molecule has 0 radical (unpaired) electrons. The van der Waals surface area contributed by atoms with Crippen LogP contribution in [0.25, 0.3) is 0 Å². The monoisotopic (exact) mass is 973 g/mol. The van der Waals surface area contributed by atoms with Gasteiger partial charge < -0.3 is 14.2 Å². The topological polar surface area (TPSA) is 78.9 Å². The van der Waals surface area contributed by atoms with Crippen molar-refractivity contribution in [3.8, 4) is 0 Å². The Hall–Kier alpha value is -1.85. The van der Waals surface area contributed by atoms with Gasteiger partial charge in [-0.3, -0.25) is 14.4 Å². The average molecular weight is 974 g/mol. The number of ether oxygens (including phenoxy) is 3. The number of hydrogen-bond donors (Lipinski definition) is 0. The second-order valence-corrected chi connectivity index (χ2v) is 21.3. The highest BCUT2D eigenvalue weighted by molar-refractivity contribution is 5.71. The van der Waals surface area contributed by atoms with Gasteiger partial charge in [0.05, 0.1) is 0 Å². The lowest BCUT2D eigenvalue weighted by Gasteiger charge is -2.18. The Balaban J connectivity index is 4.13. The van der Waals surface area contributed by atoms with Crippen LogP contribution in [0.1, 0.15) is 355 Å². The first-order valence-electron chi connectivity index (χ1n) is 31.2. The van der Waals surface area contributed by atoms with Crippen LogP contribution < -0.4 is 0 Å². The Morgan fingerprint density at radius 1 is 0.275 bits per heavy atom. The van der Waals surface area contributed by atoms with E-state index in [1.807, 2.05) is 0 Å². The van der Waals surface area contributed by atoms with Crippen molar-refractivity contribution in [2.45, 2.75) is 361 Å². The predicted octanol–water partition coefficient (Wildman–Crippen LogP) is 20.9. The molecule has 0 aliphatic heterocycles. The molecule has 0 aliphatic rings. The molecule has 0 saturated heterocycles. The summed E-state index contributed by atoms with van der Waals surface area (Å²) in [5, 5.41) is 0. The summed E-state index contributed by atoms with van der Waals surface area (Å²) in [6, 6.07) is 0. The summed E-state index contributed by atoms with van der Waals surface area (Å²) in [5.41, 5.74) is 0. The SMILES string of the molecule is CCCCCCCC/C=C\CCCCCCCC(=O)OC(COC(=O)CCCCCCCCCCCC)COC(=O)CCCCCCCCCCCCCCCCCCCCCCCCCCCC. The average Bonchev–Trinajstić information content (AvgIpc) is 3.35. The van der Waals surface area contributed by atoms with E-state index in [9.17, 15) is 14.4 Å². The van der Waals surface area contributed by atoms with Crippen LogP contribution >= 0.6 is 0 Å². The molecule has 0 spiro atoms. The smallest absolute Gasteiger partial charge is 0.306 e. The minimum Gasteiger partial charge on any atom is -0.462 e. The highest BCUT2D eigenvalue weighted by atomic mass is 16.6. The Kier molecular flexibility index (Phi) is 57.1. The quantitative estimate of drug-likeness (QED) is 0.0261. The number of allylic oxidation sites excluding steroid dienone is 2. The van der Waals surface area contributed by atoms with Gasteiger partial charge in [-0.1, -0.05) is 303 Å². The molecule has 0 aromatic rings. The van der Waals surface area contributed by atoms with Gasteiger partial charge in [0.15, 0.2) is 6.10 Å². The second-order valence-electron chi connectivity index (χ2n) is 21.3. The molecule has 0 bridgehead atoms. The van der Waals surface area contributed by atoms with E-state index in [2.05, 4.69) is 32.9 Å². The lowest BCUT2D eigenvalue weighted by atomic mass is 10.0. The van der Waals surface area contributed by atoms with E-state index in [1.165, 1.54) is 250 Å². The second kappa shape index (κ2) is 58.7. The van der Waals surface area contributed by atoms with Gasteiger partial charge in [0.2, 0.25) is 0 Å². The normalized spacial score (nSPS) is 12.0. The molecule has 0 heterocycles.